The number of piperidine rings is 1. The Balaban J connectivity index is 1.32. The van der Waals surface area contributed by atoms with Gasteiger partial charge in [0.15, 0.2) is 0 Å². The highest BCUT2D eigenvalue weighted by molar-refractivity contribution is 5.43. The van der Waals surface area contributed by atoms with Crippen molar-refractivity contribution in [3.63, 3.8) is 0 Å². The topological polar surface area (TPSA) is 29.4 Å². The van der Waals surface area contributed by atoms with Gasteiger partial charge in [-0.1, -0.05) is 30.3 Å². The summed E-state index contributed by atoms with van der Waals surface area (Å²) < 4.78 is 7.93. The molecule has 0 atom stereocenters. The molecule has 1 aliphatic heterocycles. The number of nitrogens with one attached hydrogen (secondary N) is 1. The highest BCUT2D eigenvalue weighted by atomic mass is 16.5. The van der Waals surface area contributed by atoms with E-state index in [0.29, 0.717) is 12.6 Å². The van der Waals surface area contributed by atoms with E-state index in [4.69, 9.17) is 4.74 Å². The van der Waals surface area contributed by atoms with E-state index < -0.39 is 0 Å². The Morgan fingerprint density at radius 2 is 1.68 bits per heavy atom. The first kappa shape index (κ1) is 21.7. The monoisotopic (exact) mass is 417 g/mol. The van der Waals surface area contributed by atoms with Gasteiger partial charge in [-0.2, -0.15) is 0 Å². The number of rotatable bonds is 8. The minimum Gasteiger partial charge on any atom is -0.494 e. The second-order valence-corrected chi connectivity index (χ2v) is 8.58. The SMILES string of the molecule is CCOc1ccc(-n2c(C)cc(CNC3CCN(Cc4ccccc4)CC3)c2C)cc1. The summed E-state index contributed by atoms with van der Waals surface area (Å²) in [6.45, 7) is 11.5. The lowest BCUT2D eigenvalue weighted by molar-refractivity contribution is 0.190. The summed E-state index contributed by atoms with van der Waals surface area (Å²) in [6, 6.07) is 22.1. The van der Waals surface area contributed by atoms with Crippen molar-refractivity contribution in [2.75, 3.05) is 19.7 Å². The Labute approximate surface area is 186 Å². The van der Waals surface area contributed by atoms with Crippen LogP contribution in [-0.2, 0) is 13.1 Å². The van der Waals surface area contributed by atoms with Gasteiger partial charge in [-0.05, 0) is 88.2 Å². The van der Waals surface area contributed by atoms with Gasteiger partial charge in [0.2, 0.25) is 0 Å². The van der Waals surface area contributed by atoms with Crippen molar-refractivity contribution >= 4 is 0 Å². The van der Waals surface area contributed by atoms with E-state index in [1.807, 2.05) is 6.92 Å². The number of hydrogen-bond donors (Lipinski definition) is 1. The average molecular weight is 418 g/mol. The van der Waals surface area contributed by atoms with Crippen molar-refractivity contribution in [2.24, 2.45) is 0 Å². The minimum atomic E-state index is 0.598. The molecule has 1 aromatic heterocycles. The van der Waals surface area contributed by atoms with Crippen molar-refractivity contribution in [1.29, 1.82) is 0 Å². The van der Waals surface area contributed by atoms with Crippen LogP contribution in [0.3, 0.4) is 0 Å². The molecule has 164 valence electrons. The second-order valence-electron chi connectivity index (χ2n) is 8.58. The number of ether oxygens (including phenoxy) is 1. The summed E-state index contributed by atoms with van der Waals surface area (Å²) in [5.74, 6) is 0.925. The Hall–Kier alpha value is -2.56. The van der Waals surface area contributed by atoms with E-state index in [2.05, 4.69) is 89.3 Å². The minimum absolute atomic E-state index is 0.598. The fraction of sp³-hybridized carbons (Fsp3) is 0.407. The van der Waals surface area contributed by atoms with E-state index in [1.54, 1.807) is 0 Å². The quantitative estimate of drug-likeness (QED) is 0.543. The highest BCUT2D eigenvalue weighted by Crippen LogP contribution is 2.23. The molecular formula is C27H35N3O. The maximum Gasteiger partial charge on any atom is 0.119 e. The molecule has 1 saturated heterocycles. The molecule has 0 spiro atoms. The maximum atomic E-state index is 5.59. The number of hydrogen-bond acceptors (Lipinski definition) is 3. The third kappa shape index (κ3) is 5.38. The number of nitrogens with zero attached hydrogens (tertiary/aromatic N) is 2. The molecule has 0 bridgehead atoms. The molecule has 1 aliphatic rings. The van der Waals surface area contributed by atoms with Crippen LogP contribution in [0.5, 0.6) is 5.75 Å². The Kier molecular flexibility index (Phi) is 7.10. The predicted molar refractivity (Wildman–Crippen MR) is 128 cm³/mol. The number of benzene rings is 2. The molecule has 4 heteroatoms. The fourth-order valence-electron chi connectivity index (χ4n) is 4.65. The Bertz CT molecular complexity index is 954. The molecule has 1 N–H and O–H groups in total. The van der Waals surface area contributed by atoms with Gasteiger partial charge in [0, 0.05) is 36.2 Å². The van der Waals surface area contributed by atoms with Gasteiger partial charge in [0.05, 0.1) is 6.61 Å². The average Bonchev–Trinajstić information content (AvgIpc) is 3.08. The zero-order valence-electron chi connectivity index (χ0n) is 19.1. The third-order valence-electron chi connectivity index (χ3n) is 6.36. The maximum absolute atomic E-state index is 5.59. The first-order valence-electron chi connectivity index (χ1n) is 11.5. The van der Waals surface area contributed by atoms with Crippen molar-refractivity contribution in [1.82, 2.24) is 14.8 Å². The standard InChI is InChI=1S/C27H35N3O/c1-4-31-27-12-10-26(11-13-27)30-21(2)18-24(22(30)3)19-28-25-14-16-29(17-15-25)20-23-8-6-5-7-9-23/h5-13,18,25,28H,4,14-17,19-20H2,1-3H3. The number of aromatic nitrogens is 1. The summed E-state index contributed by atoms with van der Waals surface area (Å²) in [7, 11) is 0. The molecule has 2 heterocycles. The lowest BCUT2D eigenvalue weighted by Gasteiger charge is -2.32. The van der Waals surface area contributed by atoms with Gasteiger partial charge in [-0.15, -0.1) is 0 Å². The van der Waals surface area contributed by atoms with Crippen LogP contribution in [-0.4, -0.2) is 35.2 Å². The van der Waals surface area contributed by atoms with E-state index in [9.17, 15) is 0 Å². The fourth-order valence-corrected chi connectivity index (χ4v) is 4.65. The molecule has 31 heavy (non-hydrogen) atoms. The molecule has 0 radical (unpaired) electrons. The van der Waals surface area contributed by atoms with E-state index in [1.165, 1.54) is 41.0 Å². The van der Waals surface area contributed by atoms with Gasteiger partial charge in [-0.3, -0.25) is 4.90 Å². The normalized spacial score (nSPS) is 15.3. The molecule has 4 rings (SSSR count). The Morgan fingerprint density at radius 3 is 2.35 bits per heavy atom. The van der Waals surface area contributed by atoms with Gasteiger partial charge >= 0.3 is 0 Å². The first-order valence-corrected chi connectivity index (χ1v) is 11.5. The lowest BCUT2D eigenvalue weighted by Crippen LogP contribution is -2.41. The zero-order valence-corrected chi connectivity index (χ0v) is 19.1. The van der Waals surface area contributed by atoms with Gasteiger partial charge in [0.1, 0.15) is 5.75 Å². The summed E-state index contributed by atoms with van der Waals surface area (Å²) in [5, 5.41) is 3.82. The first-order chi connectivity index (χ1) is 15.1. The molecule has 0 saturated carbocycles. The van der Waals surface area contributed by atoms with Gasteiger partial charge < -0.3 is 14.6 Å². The highest BCUT2D eigenvalue weighted by Gasteiger charge is 2.19. The molecule has 0 amide bonds. The number of likely N-dealkylation sites (tertiary alicyclic amines) is 1. The van der Waals surface area contributed by atoms with E-state index in [0.717, 1.165) is 31.9 Å². The second kappa shape index (κ2) is 10.2. The predicted octanol–water partition coefficient (Wildman–Crippen LogP) is 5.25. The van der Waals surface area contributed by atoms with Crippen LogP contribution < -0.4 is 10.1 Å². The van der Waals surface area contributed by atoms with E-state index >= 15 is 0 Å². The Morgan fingerprint density at radius 1 is 0.968 bits per heavy atom. The van der Waals surface area contributed by atoms with Crippen LogP contribution in [0.25, 0.3) is 5.69 Å². The van der Waals surface area contributed by atoms with Crippen molar-refractivity contribution < 1.29 is 4.74 Å². The molecule has 2 aromatic carbocycles. The van der Waals surface area contributed by atoms with Crippen LogP contribution in [0.2, 0.25) is 0 Å². The third-order valence-corrected chi connectivity index (χ3v) is 6.36. The molecule has 3 aromatic rings. The molecule has 4 nitrogen and oxygen atoms in total. The summed E-state index contributed by atoms with van der Waals surface area (Å²) in [6.07, 6.45) is 2.43. The van der Waals surface area contributed by atoms with Crippen LogP contribution in [0.15, 0.2) is 60.7 Å². The van der Waals surface area contributed by atoms with Crippen molar-refractivity contribution in [2.45, 2.75) is 52.7 Å². The van der Waals surface area contributed by atoms with Crippen LogP contribution in [0.1, 0.15) is 42.3 Å². The smallest absolute Gasteiger partial charge is 0.119 e. The van der Waals surface area contributed by atoms with Gasteiger partial charge in [-0.25, -0.2) is 0 Å². The molecule has 0 unspecified atom stereocenters. The molecule has 1 fully saturated rings. The largest absolute Gasteiger partial charge is 0.494 e. The molecular weight excluding hydrogens is 382 g/mol. The summed E-state index contributed by atoms with van der Waals surface area (Å²) in [4.78, 5) is 2.57. The van der Waals surface area contributed by atoms with Crippen molar-refractivity contribution in [3.8, 4) is 11.4 Å². The number of aryl methyl sites for hydroxylation is 1. The van der Waals surface area contributed by atoms with Crippen molar-refractivity contribution in [3.05, 3.63) is 83.2 Å². The van der Waals surface area contributed by atoms with Crippen LogP contribution >= 0.6 is 0 Å². The summed E-state index contributed by atoms with van der Waals surface area (Å²) in [5.41, 5.74) is 6.58. The lowest BCUT2D eigenvalue weighted by atomic mass is 10.0. The zero-order chi connectivity index (χ0) is 21.6. The van der Waals surface area contributed by atoms with E-state index in [-0.39, 0.29) is 0 Å². The van der Waals surface area contributed by atoms with Crippen LogP contribution in [0, 0.1) is 13.8 Å². The molecule has 0 aliphatic carbocycles. The van der Waals surface area contributed by atoms with Gasteiger partial charge in [0.25, 0.3) is 0 Å². The van der Waals surface area contributed by atoms with Crippen LogP contribution in [0.4, 0.5) is 0 Å². The summed E-state index contributed by atoms with van der Waals surface area (Å²) >= 11 is 0.